The molecule has 10 aromatic rings. The maximum atomic E-state index is 9.85. The number of aromatic nitrogens is 4. The summed E-state index contributed by atoms with van der Waals surface area (Å²) < 4.78 is 105. The second-order valence-electron chi connectivity index (χ2n) is 11.6. The van der Waals surface area contributed by atoms with Crippen molar-refractivity contribution in [3.05, 3.63) is 170 Å². The molecule has 0 saturated carbocycles. The van der Waals surface area contributed by atoms with Crippen LogP contribution in [0.25, 0.3) is 94.7 Å². The zero-order valence-electron chi connectivity index (χ0n) is 37.0. The number of hydrogen-bond acceptors (Lipinski definition) is 4. The minimum Gasteiger partial charge on any atom is -0.456 e. The van der Waals surface area contributed by atoms with E-state index in [2.05, 4.69) is 0 Å². The molecular formula is C45H28N4O. The molecule has 50 heavy (non-hydrogen) atoms. The molecule has 0 aliphatic carbocycles. The SMILES string of the molecule is [2H]c1cc2c(c([2H])c1[2H])c1c([2H])c([2H])c(-c3nc(-c4ccc(-c5ccccc5)cc4)nc(-c4cccc5oc6ccccc6c45)n3)c([2H])c1n2-c1c([2H])c([2H])c([2H])c([2H])c1[2H]. The number of nitrogens with zero attached hydrogens (tertiary/aromatic N) is 4. The van der Waals surface area contributed by atoms with E-state index in [1.165, 1.54) is 6.07 Å². The second-order valence-corrected chi connectivity index (χ2v) is 11.6. The van der Waals surface area contributed by atoms with Gasteiger partial charge in [-0.3, -0.25) is 0 Å². The lowest BCUT2D eigenvalue weighted by molar-refractivity contribution is 0.669. The van der Waals surface area contributed by atoms with Gasteiger partial charge in [0.1, 0.15) is 11.2 Å². The molecule has 0 saturated heterocycles. The highest BCUT2D eigenvalue weighted by molar-refractivity contribution is 6.12. The summed E-state index contributed by atoms with van der Waals surface area (Å²) >= 11 is 0. The van der Waals surface area contributed by atoms with Crippen LogP contribution in [0.3, 0.4) is 0 Å². The number of fused-ring (bicyclic) bond motifs is 6. The van der Waals surface area contributed by atoms with Crippen LogP contribution >= 0.6 is 0 Å². The first-order valence-corrected chi connectivity index (χ1v) is 15.8. The van der Waals surface area contributed by atoms with Crippen LogP contribution < -0.4 is 0 Å². The van der Waals surface area contributed by atoms with Crippen molar-refractivity contribution in [1.82, 2.24) is 19.5 Å². The van der Waals surface area contributed by atoms with E-state index in [1.54, 1.807) is 6.07 Å². The number of para-hydroxylation sites is 3. The van der Waals surface area contributed by atoms with Gasteiger partial charge in [-0.2, -0.15) is 0 Å². The lowest BCUT2D eigenvalue weighted by Gasteiger charge is -2.11. The van der Waals surface area contributed by atoms with Gasteiger partial charge in [0.15, 0.2) is 17.5 Å². The summed E-state index contributed by atoms with van der Waals surface area (Å²) in [6, 6.07) is 25.5. The molecule has 0 aliphatic heterocycles. The Labute approximate surface area is 303 Å². The Morgan fingerprint density at radius 3 is 2.00 bits per heavy atom. The Hall–Kier alpha value is -6.85. The van der Waals surface area contributed by atoms with Crippen LogP contribution in [0.2, 0.25) is 0 Å². The Balaban J connectivity index is 1.32. The molecule has 0 N–H and O–H groups in total. The Morgan fingerprint density at radius 1 is 0.460 bits per heavy atom. The average molecular weight is 652 g/mol. The zero-order valence-corrected chi connectivity index (χ0v) is 26.0. The normalized spacial score (nSPS) is 14.7. The Bertz CT molecular complexity index is 3470. The van der Waals surface area contributed by atoms with Crippen molar-refractivity contribution in [3.8, 4) is 51.0 Å². The molecule has 10 rings (SSSR count). The zero-order chi connectivity index (χ0) is 42.6. The molecule has 0 aliphatic rings. The molecule has 0 fully saturated rings. The van der Waals surface area contributed by atoms with Crippen molar-refractivity contribution in [2.24, 2.45) is 0 Å². The molecule has 0 amide bonds. The predicted octanol–water partition coefficient (Wildman–Crippen LogP) is 11.5. The Kier molecular flexibility index (Phi) is 4.38. The fraction of sp³-hybridized carbons (Fsp3) is 0. The van der Waals surface area contributed by atoms with E-state index < -0.39 is 72.2 Å². The van der Waals surface area contributed by atoms with Crippen molar-refractivity contribution in [2.45, 2.75) is 0 Å². The molecular weight excluding hydrogens is 613 g/mol. The van der Waals surface area contributed by atoms with Crippen LogP contribution in [-0.2, 0) is 0 Å². The average Bonchev–Trinajstić information content (AvgIpc) is 3.83. The van der Waals surface area contributed by atoms with Gasteiger partial charge in [-0.05, 0) is 47.5 Å². The minimum atomic E-state index is -0.666. The molecule has 7 aromatic carbocycles. The van der Waals surface area contributed by atoms with Gasteiger partial charge in [0.05, 0.1) is 26.1 Å². The summed E-state index contributed by atoms with van der Waals surface area (Å²) in [5.41, 5.74) is 3.44. The summed E-state index contributed by atoms with van der Waals surface area (Å²) in [7, 11) is 0. The van der Waals surface area contributed by atoms with Crippen molar-refractivity contribution in [2.75, 3.05) is 0 Å². The van der Waals surface area contributed by atoms with Crippen LogP contribution in [0.15, 0.2) is 174 Å². The van der Waals surface area contributed by atoms with Gasteiger partial charge in [-0.25, -0.2) is 15.0 Å². The molecule has 0 unspecified atom stereocenters. The van der Waals surface area contributed by atoms with Crippen LogP contribution in [0.5, 0.6) is 0 Å². The lowest BCUT2D eigenvalue weighted by atomic mass is 10.0. The third-order valence-electron chi connectivity index (χ3n) is 8.70. The first kappa shape index (κ1) is 19.2. The molecule has 5 heteroatoms. The molecule has 234 valence electrons. The van der Waals surface area contributed by atoms with E-state index in [-0.39, 0.29) is 44.8 Å². The Morgan fingerprint density at radius 2 is 1.14 bits per heavy atom. The maximum Gasteiger partial charge on any atom is 0.164 e. The third-order valence-corrected chi connectivity index (χ3v) is 8.70. The first-order valence-electron chi connectivity index (χ1n) is 21.3. The standard InChI is InChI=1S/C45H28N4O/c1-3-12-29(13-4-1)30-22-24-31(25-23-30)43-46-44(48-45(47-43)37-18-11-21-41-42(37)36-17-8-10-20-40(36)50-41)32-26-27-35-34-16-7-9-19-38(34)49(39(35)28-32)33-14-5-2-6-15-33/h1-28H/i2D,5D,6D,7D,9D,14D,15D,16D,26D,27D,28D. The van der Waals surface area contributed by atoms with Crippen molar-refractivity contribution in [3.63, 3.8) is 0 Å². The monoisotopic (exact) mass is 651 g/mol. The van der Waals surface area contributed by atoms with Crippen molar-refractivity contribution < 1.29 is 19.5 Å². The van der Waals surface area contributed by atoms with Gasteiger partial charge in [0.25, 0.3) is 0 Å². The van der Waals surface area contributed by atoms with Crippen LogP contribution in [0.4, 0.5) is 0 Å². The fourth-order valence-electron chi connectivity index (χ4n) is 6.41. The smallest absolute Gasteiger partial charge is 0.164 e. The maximum absolute atomic E-state index is 9.85. The summed E-state index contributed by atoms with van der Waals surface area (Å²) in [4.78, 5) is 14.7. The highest BCUT2D eigenvalue weighted by atomic mass is 16.3. The molecule has 5 nitrogen and oxygen atoms in total. The number of rotatable bonds is 5. The molecule has 0 radical (unpaired) electrons. The predicted molar refractivity (Wildman–Crippen MR) is 203 cm³/mol. The van der Waals surface area contributed by atoms with Crippen LogP contribution in [0.1, 0.15) is 15.1 Å². The van der Waals surface area contributed by atoms with Gasteiger partial charge >= 0.3 is 0 Å². The van der Waals surface area contributed by atoms with E-state index in [0.29, 0.717) is 22.3 Å². The third kappa shape index (κ3) is 4.60. The highest BCUT2D eigenvalue weighted by Gasteiger charge is 2.19. The second kappa shape index (κ2) is 11.4. The topological polar surface area (TPSA) is 56.7 Å². The number of benzene rings is 7. The molecule has 3 heterocycles. The molecule has 0 bridgehead atoms. The minimum absolute atomic E-state index is 0.0490. The fourth-order valence-corrected chi connectivity index (χ4v) is 6.41. The van der Waals surface area contributed by atoms with Crippen LogP contribution in [-0.4, -0.2) is 19.5 Å². The van der Waals surface area contributed by atoms with E-state index in [1.807, 2.05) is 91.0 Å². The summed E-state index contributed by atoms with van der Waals surface area (Å²) in [6.45, 7) is 0. The van der Waals surface area contributed by atoms with Crippen molar-refractivity contribution in [1.29, 1.82) is 0 Å². The van der Waals surface area contributed by atoms with E-state index in [0.717, 1.165) is 26.5 Å². The van der Waals surface area contributed by atoms with Gasteiger partial charge in [0, 0.05) is 43.9 Å². The first-order chi connectivity index (χ1) is 29.3. The van der Waals surface area contributed by atoms with E-state index >= 15 is 0 Å². The van der Waals surface area contributed by atoms with E-state index in [4.69, 9.17) is 30.3 Å². The largest absolute Gasteiger partial charge is 0.456 e. The molecule has 0 atom stereocenters. The van der Waals surface area contributed by atoms with Gasteiger partial charge < -0.3 is 8.98 Å². The highest BCUT2D eigenvalue weighted by Crippen LogP contribution is 2.38. The summed E-state index contributed by atoms with van der Waals surface area (Å²) in [6.07, 6.45) is 0. The van der Waals surface area contributed by atoms with Gasteiger partial charge in [-0.15, -0.1) is 0 Å². The van der Waals surface area contributed by atoms with Gasteiger partial charge in [-0.1, -0.05) is 133 Å². The number of furan rings is 1. The quantitative estimate of drug-likeness (QED) is 0.186. The number of hydrogen-bond donors (Lipinski definition) is 0. The molecule has 3 aromatic heterocycles. The van der Waals surface area contributed by atoms with Crippen molar-refractivity contribution >= 4 is 43.7 Å². The lowest BCUT2D eigenvalue weighted by Crippen LogP contribution is -2.01. The van der Waals surface area contributed by atoms with Gasteiger partial charge in [0.2, 0.25) is 0 Å². The van der Waals surface area contributed by atoms with Crippen LogP contribution in [0, 0.1) is 0 Å². The van der Waals surface area contributed by atoms with E-state index in [9.17, 15) is 4.11 Å². The summed E-state index contributed by atoms with van der Waals surface area (Å²) in [5, 5.41) is 1.30. The molecule has 0 spiro atoms. The summed E-state index contributed by atoms with van der Waals surface area (Å²) in [5.74, 6) is 0.202.